The van der Waals surface area contributed by atoms with Crippen molar-refractivity contribution in [1.29, 1.82) is 0 Å². The lowest BCUT2D eigenvalue weighted by Gasteiger charge is -2.22. The maximum atomic E-state index is 11.2. The van der Waals surface area contributed by atoms with Crippen LogP contribution in [0.15, 0.2) is 17.2 Å². The third-order valence-corrected chi connectivity index (χ3v) is 2.53. The molecule has 0 spiro atoms. The molecule has 0 saturated carbocycles. The molecule has 0 amide bonds. The number of ether oxygens (including phenoxy) is 1. The fraction of sp³-hybridized carbons (Fsp3) is 0.667. The molecule has 1 aromatic rings. The van der Waals surface area contributed by atoms with Crippen molar-refractivity contribution in [2.75, 3.05) is 6.61 Å². The van der Waals surface area contributed by atoms with Crippen molar-refractivity contribution in [1.82, 2.24) is 9.55 Å². The molecule has 0 radical (unpaired) electrons. The Morgan fingerprint density at radius 3 is 3.15 bits per heavy atom. The molecule has 0 bridgehead atoms. The van der Waals surface area contributed by atoms with Crippen molar-refractivity contribution in [3.63, 3.8) is 0 Å². The third-order valence-electron chi connectivity index (χ3n) is 2.53. The Labute approximate surface area is 76.5 Å². The van der Waals surface area contributed by atoms with Crippen LogP contribution in [0.5, 0.6) is 0 Å². The van der Waals surface area contributed by atoms with E-state index in [1.165, 1.54) is 0 Å². The molecular formula is C9H14N2O2. The normalized spacial score (nSPS) is 28.1. The number of H-pyrrole nitrogens is 1. The predicted octanol–water partition coefficient (Wildman–Crippen LogP) is 0.746. The summed E-state index contributed by atoms with van der Waals surface area (Å²) in [4.78, 5) is 13.8. The summed E-state index contributed by atoms with van der Waals surface area (Å²) in [5.41, 5.74) is -0.205. The lowest BCUT2D eigenvalue weighted by Crippen LogP contribution is -2.33. The molecule has 1 aromatic heterocycles. The summed E-state index contributed by atoms with van der Waals surface area (Å²) >= 11 is 0. The number of nitrogens with zero attached hydrogens (tertiary/aromatic N) is 1. The molecule has 1 N–H and O–H groups in total. The summed E-state index contributed by atoms with van der Waals surface area (Å²) in [5, 5.41) is 0. The van der Waals surface area contributed by atoms with Gasteiger partial charge in [0.05, 0.1) is 12.1 Å². The first-order valence-electron chi connectivity index (χ1n) is 4.57. The van der Waals surface area contributed by atoms with Crippen LogP contribution in [0.1, 0.15) is 19.8 Å². The Kier molecular flexibility index (Phi) is 2.00. The van der Waals surface area contributed by atoms with E-state index >= 15 is 0 Å². The maximum absolute atomic E-state index is 11.2. The van der Waals surface area contributed by atoms with Gasteiger partial charge in [-0.1, -0.05) is 0 Å². The van der Waals surface area contributed by atoms with Gasteiger partial charge in [0, 0.05) is 19.0 Å². The van der Waals surface area contributed by atoms with Gasteiger partial charge in [-0.05, 0) is 19.8 Å². The monoisotopic (exact) mass is 182 g/mol. The summed E-state index contributed by atoms with van der Waals surface area (Å²) in [7, 11) is 0. The van der Waals surface area contributed by atoms with Gasteiger partial charge >= 0.3 is 5.69 Å². The first-order chi connectivity index (χ1) is 6.20. The van der Waals surface area contributed by atoms with Gasteiger partial charge in [-0.2, -0.15) is 0 Å². The Hall–Kier alpha value is -1.03. The van der Waals surface area contributed by atoms with E-state index in [0.717, 1.165) is 19.4 Å². The average molecular weight is 182 g/mol. The van der Waals surface area contributed by atoms with Gasteiger partial charge in [0.1, 0.15) is 0 Å². The first kappa shape index (κ1) is 8.56. The third kappa shape index (κ3) is 1.67. The zero-order valence-electron chi connectivity index (χ0n) is 7.75. The second-order valence-electron chi connectivity index (χ2n) is 3.80. The quantitative estimate of drug-likeness (QED) is 0.733. The van der Waals surface area contributed by atoms with Crippen LogP contribution in [-0.2, 0) is 11.3 Å². The van der Waals surface area contributed by atoms with Crippen molar-refractivity contribution in [3.05, 3.63) is 22.9 Å². The van der Waals surface area contributed by atoms with Crippen molar-refractivity contribution in [2.24, 2.45) is 0 Å². The van der Waals surface area contributed by atoms with Crippen molar-refractivity contribution < 1.29 is 4.74 Å². The van der Waals surface area contributed by atoms with Crippen molar-refractivity contribution >= 4 is 0 Å². The Balaban J connectivity index is 2.13. The van der Waals surface area contributed by atoms with Crippen LogP contribution in [0.4, 0.5) is 0 Å². The van der Waals surface area contributed by atoms with Gasteiger partial charge in [-0.3, -0.25) is 4.57 Å². The van der Waals surface area contributed by atoms with E-state index in [1.54, 1.807) is 17.0 Å². The van der Waals surface area contributed by atoms with E-state index in [4.69, 9.17) is 4.74 Å². The van der Waals surface area contributed by atoms with Gasteiger partial charge in [0.15, 0.2) is 0 Å². The molecule has 0 aromatic carbocycles. The van der Waals surface area contributed by atoms with Crippen LogP contribution in [0.25, 0.3) is 0 Å². The van der Waals surface area contributed by atoms with Crippen LogP contribution in [0.3, 0.4) is 0 Å². The summed E-state index contributed by atoms with van der Waals surface area (Å²) in [6, 6.07) is 0. The molecule has 72 valence electrons. The van der Waals surface area contributed by atoms with Gasteiger partial charge in [-0.25, -0.2) is 4.79 Å². The molecule has 4 nitrogen and oxygen atoms in total. The van der Waals surface area contributed by atoms with E-state index in [9.17, 15) is 4.79 Å². The smallest absolute Gasteiger partial charge is 0.325 e. The Morgan fingerprint density at radius 1 is 1.77 bits per heavy atom. The number of hydrogen-bond donors (Lipinski definition) is 1. The summed E-state index contributed by atoms with van der Waals surface area (Å²) in [5.74, 6) is 0. The highest BCUT2D eigenvalue weighted by atomic mass is 16.5. The molecule has 1 fully saturated rings. The van der Waals surface area contributed by atoms with Crippen LogP contribution >= 0.6 is 0 Å². The molecule has 1 saturated heterocycles. The molecule has 4 heteroatoms. The standard InChI is InChI=1S/C9H14N2O2/c1-9(3-2-6-13-9)7-11-5-4-10-8(11)12/h4-5H,2-3,6-7H2,1H3,(H,10,12). The van der Waals surface area contributed by atoms with Crippen LogP contribution in [0, 0.1) is 0 Å². The Morgan fingerprint density at radius 2 is 2.62 bits per heavy atom. The van der Waals surface area contributed by atoms with Crippen LogP contribution < -0.4 is 5.69 Å². The lowest BCUT2D eigenvalue weighted by atomic mass is 10.0. The van der Waals surface area contributed by atoms with Gasteiger partial charge < -0.3 is 9.72 Å². The summed E-state index contributed by atoms with van der Waals surface area (Å²) in [6.45, 7) is 3.52. The second kappa shape index (κ2) is 3.03. The minimum Gasteiger partial charge on any atom is -0.373 e. The minimum absolute atomic E-state index is 0.0586. The lowest BCUT2D eigenvalue weighted by molar-refractivity contribution is 0.00556. The zero-order valence-corrected chi connectivity index (χ0v) is 7.75. The number of aromatic amines is 1. The van der Waals surface area contributed by atoms with E-state index < -0.39 is 0 Å². The predicted molar refractivity (Wildman–Crippen MR) is 48.6 cm³/mol. The average Bonchev–Trinajstić information content (AvgIpc) is 2.64. The van der Waals surface area contributed by atoms with E-state index in [2.05, 4.69) is 11.9 Å². The first-order valence-corrected chi connectivity index (χ1v) is 4.57. The highest BCUT2D eigenvalue weighted by Crippen LogP contribution is 2.25. The molecule has 2 heterocycles. The summed E-state index contributed by atoms with van der Waals surface area (Å²) < 4.78 is 7.25. The molecular weight excluding hydrogens is 168 g/mol. The number of imidazole rings is 1. The minimum atomic E-state index is -0.147. The van der Waals surface area contributed by atoms with E-state index in [1.807, 2.05) is 0 Å². The Bertz CT molecular complexity index is 333. The maximum Gasteiger partial charge on any atom is 0.325 e. The molecule has 0 aliphatic carbocycles. The van der Waals surface area contributed by atoms with Gasteiger partial charge in [-0.15, -0.1) is 0 Å². The second-order valence-corrected chi connectivity index (χ2v) is 3.80. The molecule has 1 unspecified atom stereocenters. The highest BCUT2D eigenvalue weighted by molar-refractivity contribution is 4.85. The molecule has 1 aliphatic rings. The van der Waals surface area contributed by atoms with Gasteiger partial charge in [0.25, 0.3) is 0 Å². The van der Waals surface area contributed by atoms with E-state index in [0.29, 0.717) is 6.54 Å². The SMILES string of the molecule is CC1(Cn2cc[nH]c2=O)CCCO1. The van der Waals surface area contributed by atoms with Crippen molar-refractivity contribution in [2.45, 2.75) is 31.9 Å². The number of nitrogens with one attached hydrogen (secondary N) is 1. The molecule has 1 atom stereocenters. The van der Waals surface area contributed by atoms with Crippen LogP contribution in [-0.4, -0.2) is 21.8 Å². The number of hydrogen-bond acceptors (Lipinski definition) is 2. The van der Waals surface area contributed by atoms with Gasteiger partial charge in [0.2, 0.25) is 0 Å². The zero-order chi connectivity index (χ0) is 9.31. The largest absolute Gasteiger partial charge is 0.373 e. The molecule has 13 heavy (non-hydrogen) atoms. The highest BCUT2D eigenvalue weighted by Gasteiger charge is 2.30. The van der Waals surface area contributed by atoms with E-state index in [-0.39, 0.29) is 11.3 Å². The van der Waals surface area contributed by atoms with Crippen molar-refractivity contribution in [3.8, 4) is 0 Å². The summed E-state index contributed by atoms with van der Waals surface area (Å²) in [6.07, 6.45) is 5.54. The number of aromatic nitrogens is 2. The molecule has 1 aliphatic heterocycles. The fourth-order valence-electron chi connectivity index (χ4n) is 1.80. The fourth-order valence-corrected chi connectivity index (χ4v) is 1.80. The molecule has 2 rings (SSSR count). The van der Waals surface area contributed by atoms with Crippen LogP contribution in [0.2, 0.25) is 0 Å². The topological polar surface area (TPSA) is 47.0 Å². The number of rotatable bonds is 2.